The van der Waals surface area contributed by atoms with E-state index >= 15 is 0 Å². The average Bonchev–Trinajstić information content (AvgIpc) is 2.56. The molecule has 1 aliphatic heterocycles. The maximum Gasteiger partial charge on any atom is 0.423 e. The molecule has 2 rings (SSSR count). The lowest BCUT2D eigenvalue weighted by Crippen LogP contribution is -2.51. The Kier molecular flexibility index (Phi) is 4.91. The maximum atomic E-state index is 13.9. The van der Waals surface area contributed by atoms with Crippen molar-refractivity contribution in [1.82, 2.24) is 5.32 Å². The lowest BCUT2D eigenvalue weighted by molar-refractivity contribution is -0.278. The van der Waals surface area contributed by atoms with E-state index in [1.807, 2.05) is 0 Å². The Balaban J connectivity index is 2.58. The summed E-state index contributed by atoms with van der Waals surface area (Å²) in [4.78, 5) is 11.6. The molecular formula is C15H16ClF3N2O2. The van der Waals surface area contributed by atoms with Gasteiger partial charge >= 0.3 is 12.2 Å². The molecule has 0 bridgehead atoms. The number of carbonyl (C=O) groups excluding carboxylic acids is 1. The molecule has 1 heterocycles. The second kappa shape index (κ2) is 6.41. The number of hydrogen-bond acceptors (Lipinski definition) is 2. The van der Waals surface area contributed by atoms with Gasteiger partial charge in [0.25, 0.3) is 0 Å². The van der Waals surface area contributed by atoms with Crippen molar-refractivity contribution in [2.45, 2.75) is 25.6 Å². The zero-order chi connectivity index (χ0) is 17.3. The molecule has 0 aromatic heterocycles. The van der Waals surface area contributed by atoms with Crippen LogP contribution < -0.4 is 10.6 Å². The number of rotatable bonds is 3. The average molecular weight is 349 g/mol. The third-order valence-corrected chi connectivity index (χ3v) is 3.68. The summed E-state index contributed by atoms with van der Waals surface area (Å²) in [6.45, 7) is 2.52. The number of amides is 2. The number of hydrogen-bond donors (Lipinski definition) is 2. The van der Waals surface area contributed by atoms with Gasteiger partial charge in [0.1, 0.15) is 0 Å². The molecule has 1 aliphatic rings. The quantitative estimate of drug-likeness (QED) is 0.804. The van der Waals surface area contributed by atoms with Crippen LogP contribution in [-0.2, 0) is 10.3 Å². The van der Waals surface area contributed by atoms with Gasteiger partial charge in [-0.1, -0.05) is 23.3 Å². The highest BCUT2D eigenvalue weighted by molar-refractivity contribution is 6.30. The van der Waals surface area contributed by atoms with E-state index in [0.717, 1.165) is 5.57 Å². The standard InChI is InChI=1S/C15H16ClF3N2O2/c1-9(2)5-6-23-14(15(17,18)19)8-20-13(22)21-12-4-3-10(16)7-11(12)14/h3-5,7H,6,8H2,1-2H3,(H2,20,21,22). The first-order chi connectivity index (χ1) is 10.7. The molecule has 0 fully saturated rings. The third kappa shape index (κ3) is 3.61. The van der Waals surface area contributed by atoms with E-state index < -0.39 is 24.4 Å². The van der Waals surface area contributed by atoms with Crippen molar-refractivity contribution in [2.75, 3.05) is 18.5 Å². The van der Waals surface area contributed by atoms with Crippen LogP contribution in [0.5, 0.6) is 0 Å². The van der Waals surface area contributed by atoms with Crippen LogP contribution in [0.4, 0.5) is 23.7 Å². The fourth-order valence-corrected chi connectivity index (χ4v) is 2.41. The minimum Gasteiger partial charge on any atom is -0.355 e. The molecule has 0 saturated carbocycles. The lowest BCUT2D eigenvalue weighted by Gasteiger charge is -2.35. The summed E-state index contributed by atoms with van der Waals surface area (Å²) >= 11 is 5.86. The van der Waals surface area contributed by atoms with Crippen molar-refractivity contribution in [3.8, 4) is 0 Å². The predicted molar refractivity (Wildman–Crippen MR) is 81.6 cm³/mol. The lowest BCUT2D eigenvalue weighted by atomic mass is 9.91. The Labute approximate surface area is 136 Å². The van der Waals surface area contributed by atoms with Gasteiger partial charge in [0.2, 0.25) is 5.60 Å². The van der Waals surface area contributed by atoms with Gasteiger partial charge in [0.05, 0.1) is 13.2 Å². The molecule has 2 amide bonds. The molecule has 2 N–H and O–H groups in total. The number of allylic oxidation sites excluding steroid dienone is 1. The monoisotopic (exact) mass is 348 g/mol. The molecule has 1 aromatic carbocycles. The third-order valence-electron chi connectivity index (χ3n) is 3.44. The number of nitrogens with one attached hydrogen (secondary N) is 2. The number of anilines is 1. The normalized spacial score (nSPS) is 20.9. The Bertz CT molecular complexity index is 642. The van der Waals surface area contributed by atoms with Crippen LogP contribution in [0.3, 0.4) is 0 Å². The maximum absolute atomic E-state index is 13.9. The minimum absolute atomic E-state index is 0.0129. The summed E-state index contributed by atoms with van der Waals surface area (Å²) in [5, 5.41) is 4.68. The van der Waals surface area contributed by atoms with E-state index in [9.17, 15) is 18.0 Å². The van der Waals surface area contributed by atoms with Crippen molar-refractivity contribution >= 4 is 23.3 Å². The van der Waals surface area contributed by atoms with Crippen LogP contribution in [0.2, 0.25) is 5.02 Å². The molecule has 126 valence electrons. The summed E-state index contributed by atoms with van der Waals surface area (Å²) < 4.78 is 46.9. The van der Waals surface area contributed by atoms with Crippen molar-refractivity contribution in [2.24, 2.45) is 0 Å². The number of urea groups is 1. The van der Waals surface area contributed by atoms with Gasteiger partial charge in [-0.25, -0.2) is 4.79 Å². The van der Waals surface area contributed by atoms with Crippen molar-refractivity contribution in [1.29, 1.82) is 0 Å². The van der Waals surface area contributed by atoms with Crippen molar-refractivity contribution < 1.29 is 22.7 Å². The molecule has 0 radical (unpaired) electrons. The van der Waals surface area contributed by atoms with Crippen LogP contribution in [0.15, 0.2) is 29.8 Å². The van der Waals surface area contributed by atoms with Gasteiger partial charge in [0.15, 0.2) is 0 Å². The van der Waals surface area contributed by atoms with Crippen LogP contribution in [0.25, 0.3) is 0 Å². The first-order valence-electron chi connectivity index (χ1n) is 6.84. The molecule has 0 spiro atoms. The second-order valence-electron chi connectivity index (χ2n) is 5.41. The van der Waals surface area contributed by atoms with E-state index in [2.05, 4.69) is 10.6 Å². The van der Waals surface area contributed by atoms with Gasteiger partial charge in [-0.05, 0) is 32.0 Å². The first kappa shape index (κ1) is 17.6. The number of ether oxygens (including phenoxy) is 1. The molecule has 1 unspecified atom stereocenters. The predicted octanol–water partition coefficient (Wildman–Crippen LogP) is 4.22. The summed E-state index contributed by atoms with van der Waals surface area (Å²) in [6, 6.07) is 3.17. The highest BCUT2D eigenvalue weighted by Crippen LogP contribution is 2.46. The van der Waals surface area contributed by atoms with E-state index in [1.165, 1.54) is 24.3 Å². The van der Waals surface area contributed by atoms with Gasteiger partial charge in [-0.3, -0.25) is 0 Å². The van der Waals surface area contributed by atoms with E-state index in [0.29, 0.717) is 0 Å². The topological polar surface area (TPSA) is 50.4 Å². The summed E-state index contributed by atoms with van der Waals surface area (Å²) in [7, 11) is 0. The van der Waals surface area contributed by atoms with Gasteiger partial charge in [0, 0.05) is 16.3 Å². The first-order valence-corrected chi connectivity index (χ1v) is 7.22. The summed E-state index contributed by atoms with van der Waals surface area (Å²) in [6.07, 6.45) is -3.21. The number of alkyl halides is 3. The Hall–Kier alpha value is -1.73. The molecule has 23 heavy (non-hydrogen) atoms. The van der Waals surface area contributed by atoms with Crippen molar-refractivity contribution in [3.05, 3.63) is 40.4 Å². The van der Waals surface area contributed by atoms with Crippen LogP contribution in [-0.4, -0.2) is 25.4 Å². The number of fused-ring (bicyclic) bond motifs is 1. The summed E-state index contributed by atoms with van der Waals surface area (Å²) in [5.41, 5.74) is -2.07. The fourth-order valence-electron chi connectivity index (χ4n) is 2.24. The second-order valence-corrected chi connectivity index (χ2v) is 5.85. The Morgan fingerprint density at radius 1 is 1.43 bits per heavy atom. The van der Waals surface area contributed by atoms with Gasteiger partial charge < -0.3 is 15.4 Å². The smallest absolute Gasteiger partial charge is 0.355 e. The molecule has 0 saturated heterocycles. The molecule has 1 aromatic rings. The van der Waals surface area contributed by atoms with Crippen LogP contribution in [0, 0.1) is 0 Å². The van der Waals surface area contributed by atoms with Crippen LogP contribution in [0.1, 0.15) is 19.4 Å². The van der Waals surface area contributed by atoms with E-state index in [4.69, 9.17) is 16.3 Å². The minimum atomic E-state index is -4.75. The largest absolute Gasteiger partial charge is 0.423 e. The number of halogens is 4. The van der Waals surface area contributed by atoms with E-state index in [-0.39, 0.29) is 22.9 Å². The van der Waals surface area contributed by atoms with E-state index in [1.54, 1.807) is 13.8 Å². The highest BCUT2D eigenvalue weighted by atomic mass is 35.5. The Morgan fingerprint density at radius 3 is 2.74 bits per heavy atom. The zero-order valence-corrected chi connectivity index (χ0v) is 13.3. The summed E-state index contributed by atoms with van der Waals surface area (Å²) in [5.74, 6) is 0. The molecule has 1 atom stereocenters. The molecular weight excluding hydrogens is 333 g/mol. The number of benzene rings is 1. The molecule has 8 heteroatoms. The van der Waals surface area contributed by atoms with Crippen molar-refractivity contribution in [3.63, 3.8) is 0 Å². The highest BCUT2D eigenvalue weighted by Gasteiger charge is 2.59. The Morgan fingerprint density at radius 2 is 2.13 bits per heavy atom. The fraction of sp³-hybridized carbons (Fsp3) is 0.400. The SMILES string of the molecule is CC(C)=CCOC1(C(F)(F)F)CNC(=O)Nc2ccc(Cl)cc21. The van der Waals surface area contributed by atoms with Gasteiger partial charge in [-0.2, -0.15) is 13.2 Å². The van der Waals surface area contributed by atoms with Crippen LogP contribution >= 0.6 is 11.6 Å². The molecule has 0 aliphatic carbocycles. The number of carbonyl (C=O) groups is 1. The van der Waals surface area contributed by atoms with Gasteiger partial charge in [-0.15, -0.1) is 0 Å². The molecule has 4 nitrogen and oxygen atoms in total. The zero-order valence-electron chi connectivity index (χ0n) is 12.6.